The molecule has 0 amide bonds. The summed E-state index contributed by atoms with van der Waals surface area (Å²) in [6.07, 6.45) is 11.2. The van der Waals surface area contributed by atoms with Gasteiger partial charge in [-0.1, -0.05) is 19.3 Å². The third-order valence-corrected chi connectivity index (χ3v) is 4.69. The molecule has 1 saturated heterocycles. The summed E-state index contributed by atoms with van der Waals surface area (Å²) in [4.78, 5) is 2.55. The van der Waals surface area contributed by atoms with E-state index in [0.29, 0.717) is 5.41 Å². The molecule has 0 aromatic carbocycles. The molecule has 1 aliphatic carbocycles. The van der Waals surface area contributed by atoms with Gasteiger partial charge >= 0.3 is 0 Å². The molecular weight excluding hydrogens is 184 g/mol. The molecule has 1 aliphatic heterocycles. The van der Waals surface area contributed by atoms with Crippen LogP contribution in [0.3, 0.4) is 0 Å². The van der Waals surface area contributed by atoms with Gasteiger partial charge in [-0.05, 0) is 57.7 Å². The lowest BCUT2D eigenvalue weighted by Crippen LogP contribution is -2.39. The quantitative estimate of drug-likeness (QED) is 0.775. The minimum atomic E-state index is 0.502. The fourth-order valence-corrected chi connectivity index (χ4v) is 3.53. The van der Waals surface area contributed by atoms with Crippen molar-refractivity contribution < 1.29 is 0 Å². The summed E-state index contributed by atoms with van der Waals surface area (Å²) < 4.78 is 0. The van der Waals surface area contributed by atoms with Crippen molar-refractivity contribution in [1.82, 2.24) is 4.90 Å². The Hall–Kier alpha value is -0.0800. The van der Waals surface area contributed by atoms with Gasteiger partial charge in [-0.25, -0.2) is 0 Å². The van der Waals surface area contributed by atoms with Crippen LogP contribution in [0.2, 0.25) is 0 Å². The Morgan fingerprint density at radius 3 is 2.47 bits per heavy atom. The Bertz CT molecular complexity index is 197. The molecule has 1 unspecified atom stereocenters. The number of hydrogen-bond acceptors (Lipinski definition) is 2. The van der Waals surface area contributed by atoms with Gasteiger partial charge in [-0.15, -0.1) is 0 Å². The smallest absolute Gasteiger partial charge is 0.00984 e. The Balaban J connectivity index is 1.94. The van der Waals surface area contributed by atoms with Crippen molar-refractivity contribution in [2.75, 3.05) is 20.1 Å². The normalized spacial score (nSPS) is 32.0. The van der Waals surface area contributed by atoms with Gasteiger partial charge < -0.3 is 10.6 Å². The van der Waals surface area contributed by atoms with Crippen molar-refractivity contribution >= 4 is 0 Å². The topological polar surface area (TPSA) is 29.3 Å². The molecule has 0 spiro atoms. The average Bonchev–Trinajstić information content (AvgIpc) is 2.66. The Kier molecular flexibility index (Phi) is 3.68. The number of nitrogens with two attached hydrogens (primary N) is 1. The van der Waals surface area contributed by atoms with Crippen molar-refractivity contribution in [2.24, 2.45) is 11.1 Å². The Morgan fingerprint density at radius 2 is 1.93 bits per heavy atom. The second-order valence-corrected chi connectivity index (χ2v) is 5.75. The molecule has 2 rings (SSSR count). The van der Waals surface area contributed by atoms with E-state index in [1.165, 1.54) is 57.9 Å². The first-order valence-corrected chi connectivity index (χ1v) is 6.66. The number of nitrogens with zero attached hydrogens (tertiary/aromatic N) is 1. The van der Waals surface area contributed by atoms with E-state index in [4.69, 9.17) is 5.73 Å². The van der Waals surface area contributed by atoms with E-state index in [9.17, 15) is 0 Å². The van der Waals surface area contributed by atoms with E-state index in [2.05, 4.69) is 11.9 Å². The van der Waals surface area contributed by atoms with Crippen molar-refractivity contribution in [3.8, 4) is 0 Å². The zero-order valence-corrected chi connectivity index (χ0v) is 10.2. The first-order chi connectivity index (χ1) is 7.26. The number of rotatable bonds is 3. The second kappa shape index (κ2) is 4.84. The van der Waals surface area contributed by atoms with Crippen molar-refractivity contribution in [2.45, 2.75) is 57.4 Å². The van der Waals surface area contributed by atoms with Crippen LogP contribution in [0.25, 0.3) is 0 Å². The molecule has 2 nitrogen and oxygen atoms in total. The van der Waals surface area contributed by atoms with Crippen molar-refractivity contribution in [3.05, 3.63) is 0 Å². The van der Waals surface area contributed by atoms with Crippen LogP contribution >= 0.6 is 0 Å². The summed E-state index contributed by atoms with van der Waals surface area (Å²) in [6.45, 7) is 2.21. The fourth-order valence-electron chi connectivity index (χ4n) is 3.53. The SMILES string of the molecule is CN1CCCC1CC1(CN)CCCCC1. The first kappa shape index (κ1) is 11.4. The van der Waals surface area contributed by atoms with Gasteiger partial charge in [0, 0.05) is 6.04 Å². The third-order valence-electron chi connectivity index (χ3n) is 4.69. The summed E-state index contributed by atoms with van der Waals surface area (Å²) in [5.74, 6) is 0. The van der Waals surface area contributed by atoms with Gasteiger partial charge in [-0.3, -0.25) is 0 Å². The molecule has 0 bridgehead atoms. The monoisotopic (exact) mass is 210 g/mol. The number of likely N-dealkylation sites (tertiary alicyclic amines) is 1. The zero-order chi connectivity index (χ0) is 10.7. The predicted molar refractivity (Wildman–Crippen MR) is 64.8 cm³/mol. The molecule has 1 atom stereocenters. The lowest BCUT2D eigenvalue weighted by Gasteiger charge is -2.39. The molecule has 0 aromatic rings. The molecule has 1 heterocycles. The zero-order valence-electron chi connectivity index (χ0n) is 10.2. The van der Waals surface area contributed by atoms with Gasteiger partial charge in [0.25, 0.3) is 0 Å². The first-order valence-electron chi connectivity index (χ1n) is 6.66. The minimum Gasteiger partial charge on any atom is -0.330 e. The van der Waals surface area contributed by atoms with E-state index in [1.807, 2.05) is 0 Å². The molecule has 15 heavy (non-hydrogen) atoms. The van der Waals surface area contributed by atoms with Crippen LogP contribution in [0.1, 0.15) is 51.4 Å². The van der Waals surface area contributed by atoms with Crippen LogP contribution in [-0.2, 0) is 0 Å². The van der Waals surface area contributed by atoms with Crippen LogP contribution in [0.5, 0.6) is 0 Å². The summed E-state index contributed by atoms with van der Waals surface area (Å²) >= 11 is 0. The highest BCUT2D eigenvalue weighted by atomic mass is 15.1. The summed E-state index contributed by atoms with van der Waals surface area (Å²) in [5.41, 5.74) is 6.54. The standard InChI is InChI=1S/C13H26N2/c1-15-9-5-6-12(15)10-13(11-14)7-3-2-4-8-13/h12H,2-11,14H2,1H3. The van der Waals surface area contributed by atoms with Crippen LogP contribution in [-0.4, -0.2) is 31.1 Å². The maximum atomic E-state index is 6.04. The van der Waals surface area contributed by atoms with Gasteiger partial charge in [0.2, 0.25) is 0 Å². The summed E-state index contributed by atoms with van der Waals surface area (Å²) in [6, 6.07) is 0.826. The third kappa shape index (κ3) is 2.54. The van der Waals surface area contributed by atoms with Crippen LogP contribution in [0, 0.1) is 5.41 Å². The Morgan fingerprint density at radius 1 is 1.20 bits per heavy atom. The lowest BCUT2D eigenvalue weighted by atomic mass is 9.70. The average molecular weight is 210 g/mol. The highest BCUT2D eigenvalue weighted by Crippen LogP contribution is 2.41. The van der Waals surface area contributed by atoms with E-state index in [0.717, 1.165) is 12.6 Å². The summed E-state index contributed by atoms with van der Waals surface area (Å²) in [7, 11) is 2.28. The minimum absolute atomic E-state index is 0.502. The summed E-state index contributed by atoms with van der Waals surface area (Å²) in [5, 5.41) is 0. The molecule has 2 heteroatoms. The van der Waals surface area contributed by atoms with Crippen LogP contribution in [0.15, 0.2) is 0 Å². The van der Waals surface area contributed by atoms with E-state index >= 15 is 0 Å². The molecule has 1 saturated carbocycles. The molecule has 0 radical (unpaired) electrons. The van der Waals surface area contributed by atoms with Gasteiger partial charge in [0.1, 0.15) is 0 Å². The van der Waals surface area contributed by atoms with Crippen molar-refractivity contribution in [3.63, 3.8) is 0 Å². The highest BCUT2D eigenvalue weighted by molar-refractivity contribution is 4.90. The molecular formula is C13H26N2. The molecule has 2 aliphatic rings. The highest BCUT2D eigenvalue weighted by Gasteiger charge is 2.35. The fraction of sp³-hybridized carbons (Fsp3) is 1.00. The molecule has 2 N–H and O–H groups in total. The van der Waals surface area contributed by atoms with Crippen molar-refractivity contribution in [1.29, 1.82) is 0 Å². The van der Waals surface area contributed by atoms with E-state index in [1.54, 1.807) is 0 Å². The van der Waals surface area contributed by atoms with Crippen LogP contribution in [0.4, 0.5) is 0 Å². The van der Waals surface area contributed by atoms with Gasteiger partial charge in [0.15, 0.2) is 0 Å². The second-order valence-electron chi connectivity index (χ2n) is 5.75. The largest absolute Gasteiger partial charge is 0.330 e. The maximum absolute atomic E-state index is 6.04. The van der Waals surface area contributed by atoms with Crippen LogP contribution < -0.4 is 5.73 Å². The Labute approximate surface area is 94.2 Å². The van der Waals surface area contributed by atoms with E-state index in [-0.39, 0.29) is 0 Å². The number of hydrogen-bond donors (Lipinski definition) is 1. The molecule has 2 fully saturated rings. The lowest BCUT2D eigenvalue weighted by molar-refractivity contribution is 0.132. The molecule has 88 valence electrons. The molecule has 0 aromatic heterocycles. The van der Waals surface area contributed by atoms with E-state index < -0.39 is 0 Å². The maximum Gasteiger partial charge on any atom is 0.00984 e. The predicted octanol–water partition coefficient (Wildman–Crippen LogP) is 2.38. The van der Waals surface area contributed by atoms with Gasteiger partial charge in [-0.2, -0.15) is 0 Å². The van der Waals surface area contributed by atoms with Gasteiger partial charge in [0.05, 0.1) is 0 Å².